The Labute approximate surface area is 136 Å². The summed E-state index contributed by atoms with van der Waals surface area (Å²) in [5.74, 6) is -1.19. The van der Waals surface area contributed by atoms with Crippen molar-refractivity contribution in [3.8, 4) is 22.5 Å². The van der Waals surface area contributed by atoms with Gasteiger partial charge in [0.2, 0.25) is 0 Å². The molecular weight excluding hydrogens is 320 g/mol. The van der Waals surface area contributed by atoms with E-state index in [1.54, 1.807) is 12.4 Å². The largest absolute Gasteiger partial charge is 0.480 e. The first kappa shape index (κ1) is 16.6. The number of aliphatic carboxylic acids is 1. The molecule has 0 aliphatic heterocycles. The van der Waals surface area contributed by atoms with Gasteiger partial charge in [0.05, 0.1) is 17.6 Å². The number of benzene rings is 1. The first-order valence-electron chi connectivity index (χ1n) is 6.50. The second-order valence-electron chi connectivity index (χ2n) is 4.31. The molecule has 1 aromatic carbocycles. The van der Waals surface area contributed by atoms with Gasteiger partial charge in [-0.05, 0) is 18.2 Å². The van der Waals surface area contributed by atoms with Crippen molar-refractivity contribution in [3.63, 3.8) is 0 Å². The van der Waals surface area contributed by atoms with E-state index in [0.717, 1.165) is 22.5 Å². The molecule has 0 saturated heterocycles. The Morgan fingerprint density at radius 2 is 1.91 bits per heavy atom. The van der Waals surface area contributed by atoms with Crippen LogP contribution in [-0.4, -0.2) is 43.0 Å². The number of aliphatic hydroxyl groups is 1. The van der Waals surface area contributed by atoms with Crippen molar-refractivity contribution >= 4 is 17.6 Å². The Morgan fingerprint density at radius 1 is 1.22 bits per heavy atom. The van der Waals surface area contributed by atoms with Crippen LogP contribution in [0, 0.1) is 0 Å². The molecule has 0 atom stereocenters. The maximum Gasteiger partial charge on any atom is 0.329 e. The van der Waals surface area contributed by atoms with Crippen LogP contribution in [0.1, 0.15) is 0 Å². The van der Waals surface area contributed by atoms with Gasteiger partial charge < -0.3 is 10.2 Å². The van der Waals surface area contributed by atoms with Gasteiger partial charge in [0.1, 0.15) is 12.9 Å². The van der Waals surface area contributed by atoms with Crippen LogP contribution in [-0.2, 0) is 4.79 Å². The van der Waals surface area contributed by atoms with Crippen LogP contribution in [0.2, 0.25) is 5.02 Å². The van der Waals surface area contributed by atoms with Crippen molar-refractivity contribution in [1.29, 1.82) is 0 Å². The first-order chi connectivity index (χ1) is 11.1. The highest BCUT2D eigenvalue weighted by Crippen LogP contribution is 2.29. The Balaban J connectivity index is 0.000000338. The molecule has 0 radical (unpaired) electrons. The van der Waals surface area contributed by atoms with E-state index >= 15 is 0 Å². The molecule has 0 amide bonds. The summed E-state index contributed by atoms with van der Waals surface area (Å²) in [6.07, 6.45) is 4.99. The molecular formula is C15H13ClN4O3. The van der Waals surface area contributed by atoms with Gasteiger partial charge in [0, 0.05) is 22.3 Å². The molecule has 2 aromatic heterocycles. The third-order valence-corrected chi connectivity index (χ3v) is 3.02. The number of aromatic amines is 1. The molecule has 8 heteroatoms. The van der Waals surface area contributed by atoms with Crippen LogP contribution in [0.25, 0.3) is 22.5 Å². The number of nitrogens with zero attached hydrogens (tertiary/aromatic N) is 3. The summed E-state index contributed by atoms with van der Waals surface area (Å²) in [4.78, 5) is 17.3. The van der Waals surface area contributed by atoms with Gasteiger partial charge in [-0.1, -0.05) is 23.7 Å². The van der Waals surface area contributed by atoms with E-state index in [-0.39, 0.29) is 0 Å². The molecule has 118 valence electrons. The average Bonchev–Trinajstić information content (AvgIpc) is 3.06. The zero-order valence-corrected chi connectivity index (χ0v) is 12.6. The summed E-state index contributed by atoms with van der Waals surface area (Å²) < 4.78 is 0. The SMILES string of the molecule is Clc1ccc(-c2[nH]ncc2-c2ccncn2)cc1.O=C(O)CO. The summed E-state index contributed by atoms with van der Waals surface area (Å²) in [5, 5.41) is 22.8. The van der Waals surface area contributed by atoms with Crippen molar-refractivity contribution in [2.45, 2.75) is 0 Å². The van der Waals surface area contributed by atoms with Gasteiger partial charge in [0.25, 0.3) is 0 Å². The van der Waals surface area contributed by atoms with E-state index in [1.165, 1.54) is 6.33 Å². The van der Waals surface area contributed by atoms with Crippen LogP contribution in [0.4, 0.5) is 0 Å². The number of carboxylic acids is 1. The number of hydrogen-bond donors (Lipinski definition) is 3. The number of H-pyrrole nitrogens is 1. The smallest absolute Gasteiger partial charge is 0.329 e. The zero-order valence-electron chi connectivity index (χ0n) is 11.8. The number of rotatable bonds is 3. The Kier molecular flexibility index (Phi) is 5.79. The van der Waals surface area contributed by atoms with Crippen LogP contribution in [0.3, 0.4) is 0 Å². The third-order valence-electron chi connectivity index (χ3n) is 2.77. The maximum absolute atomic E-state index is 9.12. The Morgan fingerprint density at radius 3 is 2.48 bits per heavy atom. The molecule has 3 aromatic rings. The lowest BCUT2D eigenvalue weighted by molar-refractivity contribution is -0.140. The molecule has 3 N–H and O–H groups in total. The van der Waals surface area contributed by atoms with Gasteiger partial charge in [-0.15, -0.1) is 0 Å². The van der Waals surface area contributed by atoms with Gasteiger partial charge >= 0.3 is 5.97 Å². The minimum Gasteiger partial charge on any atom is -0.480 e. The molecule has 0 unspecified atom stereocenters. The number of carbonyl (C=O) groups is 1. The normalized spacial score (nSPS) is 9.83. The van der Waals surface area contributed by atoms with Crippen molar-refractivity contribution in [2.24, 2.45) is 0 Å². The molecule has 23 heavy (non-hydrogen) atoms. The fourth-order valence-electron chi connectivity index (χ4n) is 1.77. The molecule has 7 nitrogen and oxygen atoms in total. The highest BCUT2D eigenvalue weighted by atomic mass is 35.5. The molecule has 0 spiro atoms. The fraction of sp³-hybridized carbons (Fsp3) is 0.0667. The molecule has 0 aliphatic carbocycles. The predicted molar refractivity (Wildman–Crippen MR) is 84.8 cm³/mol. The number of carboxylic acid groups (broad SMARTS) is 1. The molecule has 3 rings (SSSR count). The number of nitrogens with one attached hydrogen (secondary N) is 1. The fourth-order valence-corrected chi connectivity index (χ4v) is 1.89. The second-order valence-corrected chi connectivity index (χ2v) is 4.75. The first-order valence-corrected chi connectivity index (χ1v) is 6.88. The molecule has 0 fully saturated rings. The Bertz CT molecular complexity index is 760. The van der Waals surface area contributed by atoms with Gasteiger partial charge in [-0.3, -0.25) is 5.10 Å². The van der Waals surface area contributed by atoms with Gasteiger partial charge in [-0.2, -0.15) is 5.10 Å². The van der Waals surface area contributed by atoms with E-state index in [1.807, 2.05) is 30.3 Å². The zero-order chi connectivity index (χ0) is 16.7. The van der Waals surface area contributed by atoms with Crippen molar-refractivity contribution < 1.29 is 15.0 Å². The van der Waals surface area contributed by atoms with Gasteiger partial charge in [-0.25, -0.2) is 14.8 Å². The van der Waals surface area contributed by atoms with Crippen LogP contribution >= 0.6 is 11.6 Å². The number of hydrogen-bond acceptors (Lipinski definition) is 5. The number of aromatic nitrogens is 4. The molecule has 0 saturated carbocycles. The van der Waals surface area contributed by atoms with Crippen LogP contribution in [0.15, 0.2) is 49.1 Å². The lowest BCUT2D eigenvalue weighted by atomic mass is 10.1. The summed E-state index contributed by atoms with van der Waals surface area (Å²) in [6, 6.07) is 9.44. The average molecular weight is 333 g/mol. The minimum absolute atomic E-state index is 0.710. The highest BCUT2D eigenvalue weighted by Gasteiger charge is 2.10. The van der Waals surface area contributed by atoms with Crippen molar-refractivity contribution in [2.75, 3.05) is 6.61 Å². The van der Waals surface area contributed by atoms with E-state index in [2.05, 4.69) is 20.2 Å². The Hall–Kier alpha value is -2.77. The molecule has 0 bridgehead atoms. The highest BCUT2D eigenvalue weighted by molar-refractivity contribution is 6.30. The van der Waals surface area contributed by atoms with Crippen LogP contribution < -0.4 is 0 Å². The molecule has 0 aliphatic rings. The summed E-state index contributed by atoms with van der Waals surface area (Å²) >= 11 is 5.88. The molecule has 2 heterocycles. The second kappa shape index (κ2) is 8.02. The topological polar surface area (TPSA) is 112 Å². The maximum atomic E-state index is 9.12. The van der Waals surface area contributed by atoms with E-state index in [0.29, 0.717) is 5.02 Å². The number of aliphatic hydroxyl groups excluding tert-OH is 1. The quantitative estimate of drug-likeness (QED) is 0.678. The third kappa shape index (κ3) is 4.60. The lowest BCUT2D eigenvalue weighted by Gasteiger charge is -2.02. The summed E-state index contributed by atoms with van der Waals surface area (Å²) in [7, 11) is 0. The van der Waals surface area contributed by atoms with E-state index < -0.39 is 12.6 Å². The van der Waals surface area contributed by atoms with Crippen LogP contribution in [0.5, 0.6) is 0 Å². The summed E-state index contributed by atoms with van der Waals surface area (Å²) in [5.41, 5.74) is 3.72. The van der Waals surface area contributed by atoms with Crippen molar-refractivity contribution in [3.05, 3.63) is 54.1 Å². The monoisotopic (exact) mass is 332 g/mol. The van der Waals surface area contributed by atoms with E-state index in [4.69, 9.17) is 26.6 Å². The van der Waals surface area contributed by atoms with Gasteiger partial charge in [0.15, 0.2) is 0 Å². The summed E-state index contributed by atoms with van der Waals surface area (Å²) in [6.45, 7) is -0.778. The van der Waals surface area contributed by atoms with E-state index in [9.17, 15) is 0 Å². The standard InChI is InChI=1S/C13H9ClN4.C2H4O3/c14-10-3-1-9(2-4-10)13-11(7-17-18-13)12-5-6-15-8-16-12;3-1-2(4)5/h1-8H,(H,17,18);3H,1H2,(H,4,5). The number of halogens is 1. The lowest BCUT2D eigenvalue weighted by Crippen LogP contribution is -1.98. The predicted octanol–water partition coefficient (Wildman–Crippen LogP) is 2.25. The van der Waals surface area contributed by atoms with Crippen molar-refractivity contribution in [1.82, 2.24) is 20.2 Å². The minimum atomic E-state index is -1.19.